The number of aryl methyl sites for hydroxylation is 1. The van der Waals surface area contributed by atoms with Gasteiger partial charge in [0.2, 0.25) is 0 Å². The Hall–Kier alpha value is -3.54. The summed E-state index contributed by atoms with van der Waals surface area (Å²) in [6, 6.07) is 11.7. The molecule has 3 aromatic rings. The van der Waals surface area contributed by atoms with Gasteiger partial charge < -0.3 is 18.6 Å². The fourth-order valence-corrected chi connectivity index (χ4v) is 2.72. The zero-order valence-electron chi connectivity index (χ0n) is 15.1. The third-order valence-electron chi connectivity index (χ3n) is 3.97. The summed E-state index contributed by atoms with van der Waals surface area (Å²) in [5, 5.41) is 0.783. The van der Waals surface area contributed by atoms with Crippen LogP contribution in [0.1, 0.15) is 11.1 Å². The van der Waals surface area contributed by atoms with Crippen molar-refractivity contribution >= 4 is 23.0 Å². The van der Waals surface area contributed by atoms with Gasteiger partial charge in [-0.05, 0) is 36.8 Å². The number of rotatable bonds is 5. The molecule has 0 saturated heterocycles. The number of hydrogen-bond donors (Lipinski definition) is 0. The summed E-state index contributed by atoms with van der Waals surface area (Å²) in [6.45, 7) is 1.81. The lowest BCUT2D eigenvalue weighted by Gasteiger charge is -2.09. The molecule has 27 heavy (non-hydrogen) atoms. The molecule has 2 aromatic carbocycles. The van der Waals surface area contributed by atoms with Crippen LogP contribution < -0.4 is 19.8 Å². The van der Waals surface area contributed by atoms with Crippen LogP contribution in [-0.4, -0.2) is 20.2 Å². The quantitative estimate of drug-likeness (QED) is 0.296. The highest BCUT2D eigenvalue weighted by molar-refractivity contribution is 5.90. The Morgan fingerprint density at radius 2 is 1.89 bits per heavy atom. The van der Waals surface area contributed by atoms with E-state index in [1.807, 2.05) is 6.92 Å². The molecule has 0 N–H and O–H groups in total. The Balaban J connectivity index is 1.81. The van der Waals surface area contributed by atoms with Gasteiger partial charge in [0, 0.05) is 29.2 Å². The molecule has 0 atom stereocenters. The normalized spacial score (nSPS) is 10.9. The van der Waals surface area contributed by atoms with Crippen LogP contribution in [0.25, 0.3) is 17.0 Å². The summed E-state index contributed by atoms with van der Waals surface area (Å²) in [4.78, 5) is 23.6. The first-order valence-corrected chi connectivity index (χ1v) is 8.17. The molecule has 1 aromatic heterocycles. The first-order chi connectivity index (χ1) is 13.0. The van der Waals surface area contributed by atoms with E-state index in [1.165, 1.54) is 25.3 Å². The number of hydrogen-bond acceptors (Lipinski definition) is 6. The Bertz CT molecular complexity index is 1080. The average molecular weight is 366 g/mol. The first kappa shape index (κ1) is 18.3. The fraction of sp³-hybridized carbons (Fsp3) is 0.143. The predicted molar refractivity (Wildman–Crippen MR) is 101 cm³/mol. The summed E-state index contributed by atoms with van der Waals surface area (Å²) in [5.41, 5.74) is 1.38. The van der Waals surface area contributed by atoms with Gasteiger partial charge in [-0.1, -0.05) is 12.1 Å². The third kappa shape index (κ3) is 4.00. The van der Waals surface area contributed by atoms with E-state index < -0.39 is 11.6 Å². The second kappa shape index (κ2) is 7.78. The summed E-state index contributed by atoms with van der Waals surface area (Å²) >= 11 is 0. The van der Waals surface area contributed by atoms with Gasteiger partial charge in [-0.2, -0.15) is 0 Å². The maximum absolute atomic E-state index is 12.1. The van der Waals surface area contributed by atoms with E-state index in [4.69, 9.17) is 18.6 Å². The molecular weight excluding hydrogens is 348 g/mol. The van der Waals surface area contributed by atoms with Gasteiger partial charge in [0.25, 0.3) is 0 Å². The van der Waals surface area contributed by atoms with Gasteiger partial charge in [0.05, 0.1) is 14.2 Å². The molecule has 0 saturated carbocycles. The van der Waals surface area contributed by atoms with Crippen LogP contribution in [-0.2, 0) is 4.79 Å². The van der Waals surface area contributed by atoms with E-state index in [-0.39, 0.29) is 5.75 Å². The Morgan fingerprint density at radius 1 is 1.07 bits per heavy atom. The van der Waals surface area contributed by atoms with Crippen LogP contribution in [0.3, 0.4) is 0 Å². The summed E-state index contributed by atoms with van der Waals surface area (Å²) in [5.74, 6) is 0.790. The van der Waals surface area contributed by atoms with E-state index in [2.05, 4.69) is 0 Å². The van der Waals surface area contributed by atoms with Crippen LogP contribution in [0.15, 0.2) is 57.8 Å². The van der Waals surface area contributed by atoms with Crippen LogP contribution in [0.5, 0.6) is 17.2 Å². The van der Waals surface area contributed by atoms with Crippen molar-refractivity contribution in [1.29, 1.82) is 0 Å². The maximum Gasteiger partial charge on any atom is 0.336 e. The molecule has 0 fully saturated rings. The van der Waals surface area contributed by atoms with Gasteiger partial charge in [-0.15, -0.1) is 0 Å². The highest BCUT2D eigenvalue weighted by Crippen LogP contribution is 2.31. The van der Waals surface area contributed by atoms with Gasteiger partial charge >= 0.3 is 11.6 Å². The SMILES string of the molecule is COc1cccc(/C=C/C(=O)Oc2ccc3c(C)cc(=O)oc3c2)c1OC. The van der Waals surface area contributed by atoms with Crippen molar-refractivity contribution in [2.75, 3.05) is 14.2 Å². The van der Waals surface area contributed by atoms with E-state index in [0.717, 1.165) is 10.9 Å². The lowest BCUT2D eigenvalue weighted by atomic mass is 10.1. The molecule has 0 aliphatic heterocycles. The summed E-state index contributed by atoms with van der Waals surface area (Å²) < 4.78 is 21.0. The zero-order valence-corrected chi connectivity index (χ0v) is 15.1. The topological polar surface area (TPSA) is 75.0 Å². The molecule has 6 heteroatoms. The number of para-hydroxylation sites is 1. The van der Waals surface area contributed by atoms with Gasteiger partial charge in [-0.25, -0.2) is 9.59 Å². The first-order valence-electron chi connectivity index (χ1n) is 8.17. The summed E-state index contributed by atoms with van der Waals surface area (Å²) in [6.07, 6.45) is 2.86. The lowest BCUT2D eigenvalue weighted by molar-refractivity contribution is -0.128. The second-order valence-corrected chi connectivity index (χ2v) is 5.74. The van der Waals surface area contributed by atoms with Crippen molar-refractivity contribution in [3.63, 3.8) is 0 Å². The molecule has 138 valence electrons. The second-order valence-electron chi connectivity index (χ2n) is 5.74. The van der Waals surface area contributed by atoms with Crippen LogP contribution in [0.2, 0.25) is 0 Å². The van der Waals surface area contributed by atoms with Crippen molar-refractivity contribution in [2.24, 2.45) is 0 Å². The Labute approximate surface area is 155 Å². The number of ether oxygens (including phenoxy) is 3. The number of carbonyl (C=O) groups excluding carboxylic acids is 1. The molecular formula is C21H18O6. The van der Waals surface area contributed by atoms with E-state index in [0.29, 0.717) is 22.6 Å². The maximum atomic E-state index is 12.1. The van der Waals surface area contributed by atoms with E-state index in [1.54, 1.807) is 43.5 Å². The Morgan fingerprint density at radius 3 is 2.63 bits per heavy atom. The van der Waals surface area contributed by atoms with Gasteiger partial charge in [0.15, 0.2) is 11.5 Å². The van der Waals surface area contributed by atoms with Gasteiger partial charge in [-0.3, -0.25) is 0 Å². The number of fused-ring (bicyclic) bond motifs is 1. The largest absolute Gasteiger partial charge is 0.493 e. The van der Waals surface area contributed by atoms with Crippen molar-refractivity contribution in [3.05, 3.63) is 70.1 Å². The third-order valence-corrected chi connectivity index (χ3v) is 3.97. The van der Waals surface area contributed by atoms with Crippen LogP contribution in [0.4, 0.5) is 0 Å². The number of methoxy groups -OCH3 is 2. The highest BCUT2D eigenvalue weighted by Gasteiger charge is 2.09. The molecule has 0 aliphatic carbocycles. The minimum absolute atomic E-state index is 0.281. The minimum atomic E-state index is -0.575. The summed E-state index contributed by atoms with van der Waals surface area (Å²) in [7, 11) is 3.07. The molecule has 0 bridgehead atoms. The Kier molecular flexibility index (Phi) is 5.26. The zero-order chi connectivity index (χ0) is 19.4. The van der Waals surface area contributed by atoms with Crippen molar-refractivity contribution in [1.82, 2.24) is 0 Å². The monoisotopic (exact) mass is 366 g/mol. The fourth-order valence-electron chi connectivity index (χ4n) is 2.72. The molecule has 0 amide bonds. The standard InChI is InChI=1S/C21H18O6/c1-13-11-20(23)27-18-12-15(8-9-16(13)18)26-19(22)10-7-14-5-4-6-17(24-2)21(14)25-3/h4-12H,1-3H3/b10-7+. The number of esters is 1. The molecule has 1 heterocycles. The van der Waals surface area contributed by atoms with Crippen molar-refractivity contribution < 1.29 is 23.4 Å². The van der Waals surface area contributed by atoms with Crippen LogP contribution >= 0.6 is 0 Å². The van der Waals surface area contributed by atoms with Gasteiger partial charge in [0.1, 0.15) is 11.3 Å². The molecule has 0 spiro atoms. The lowest BCUT2D eigenvalue weighted by Crippen LogP contribution is -2.04. The molecule has 3 rings (SSSR count). The van der Waals surface area contributed by atoms with E-state index >= 15 is 0 Å². The van der Waals surface area contributed by atoms with Crippen LogP contribution in [0, 0.1) is 6.92 Å². The average Bonchev–Trinajstić information content (AvgIpc) is 2.65. The van der Waals surface area contributed by atoms with Crippen molar-refractivity contribution in [2.45, 2.75) is 6.92 Å². The molecule has 0 radical (unpaired) electrons. The van der Waals surface area contributed by atoms with Crippen molar-refractivity contribution in [3.8, 4) is 17.2 Å². The minimum Gasteiger partial charge on any atom is -0.493 e. The predicted octanol–water partition coefficient (Wildman–Crippen LogP) is 3.74. The molecule has 0 aliphatic rings. The highest BCUT2D eigenvalue weighted by atomic mass is 16.5. The smallest absolute Gasteiger partial charge is 0.336 e. The van der Waals surface area contributed by atoms with E-state index in [9.17, 15) is 9.59 Å². The molecule has 0 unspecified atom stereocenters. The number of benzene rings is 2. The molecule has 6 nitrogen and oxygen atoms in total. The number of carbonyl (C=O) groups is 1.